The van der Waals surface area contributed by atoms with E-state index >= 15 is 0 Å². The number of halogens is 1. The quantitative estimate of drug-likeness (QED) is 0.897. The van der Waals surface area contributed by atoms with E-state index in [2.05, 4.69) is 0 Å². The van der Waals surface area contributed by atoms with Crippen LogP contribution in [0.3, 0.4) is 0 Å². The average Bonchev–Trinajstić information content (AvgIpc) is 2.37. The SMILES string of the molecule is CC(O)c1ccc(F)cc1OCC1CCOCC1. The summed E-state index contributed by atoms with van der Waals surface area (Å²) in [5.41, 5.74) is 0.628. The smallest absolute Gasteiger partial charge is 0.128 e. The minimum absolute atomic E-state index is 0.346. The summed E-state index contributed by atoms with van der Waals surface area (Å²) in [5.74, 6) is 0.543. The molecule has 0 saturated carbocycles. The van der Waals surface area contributed by atoms with Crippen LogP contribution in [-0.2, 0) is 4.74 Å². The number of aliphatic hydroxyl groups excluding tert-OH is 1. The summed E-state index contributed by atoms with van der Waals surface area (Å²) in [6.45, 7) is 3.72. The number of ether oxygens (including phenoxy) is 2. The summed E-state index contributed by atoms with van der Waals surface area (Å²) < 4.78 is 24.1. The fourth-order valence-electron chi connectivity index (χ4n) is 2.10. The van der Waals surface area contributed by atoms with Gasteiger partial charge in [-0.25, -0.2) is 4.39 Å². The number of hydrogen-bond donors (Lipinski definition) is 1. The van der Waals surface area contributed by atoms with Crippen LogP contribution in [0.4, 0.5) is 4.39 Å². The Morgan fingerprint density at radius 3 is 2.83 bits per heavy atom. The topological polar surface area (TPSA) is 38.7 Å². The first-order valence-corrected chi connectivity index (χ1v) is 6.35. The Balaban J connectivity index is 2.00. The molecule has 4 heteroatoms. The lowest BCUT2D eigenvalue weighted by Gasteiger charge is -2.23. The van der Waals surface area contributed by atoms with Crippen LogP contribution in [0.15, 0.2) is 18.2 Å². The lowest BCUT2D eigenvalue weighted by molar-refractivity contribution is 0.0491. The second kappa shape index (κ2) is 6.16. The second-order valence-electron chi connectivity index (χ2n) is 4.72. The Hall–Kier alpha value is -1.13. The predicted octanol–water partition coefficient (Wildman–Crippen LogP) is 2.68. The highest BCUT2D eigenvalue weighted by atomic mass is 19.1. The predicted molar refractivity (Wildman–Crippen MR) is 66.1 cm³/mol. The maximum Gasteiger partial charge on any atom is 0.128 e. The molecule has 100 valence electrons. The third-order valence-electron chi connectivity index (χ3n) is 3.24. The van der Waals surface area contributed by atoms with Gasteiger partial charge in [0.05, 0.1) is 12.7 Å². The first kappa shape index (κ1) is 13.3. The average molecular weight is 254 g/mol. The van der Waals surface area contributed by atoms with Gasteiger partial charge in [0.15, 0.2) is 0 Å². The van der Waals surface area contributed by atoms with Crippen molar-refractivity contribution < 1.29 is 19.0 Å². The Bertz CT molecular complexity index is 387. The molecule has 18 heavy (non-hydrogen) atoms. The van der Waals surface area contributed by atoms with E-state index in [0.717, 1.165) is 26.1 Å². The molecule has 1 aliphatic heterocycles. The van der Waals surface area contributed by atoms with Gasteiger partial charge in [-0.15, -0.1) is 0 Å². The van der Waals surface area contributed by atoms with Gasteiger partial charge >= 0.3 is 0 Å². The molecular formula is C14H19FO3. The maximum atomic E-state index is 13.2. The van der Waals surface area contributed by atoms with Gasteiger partial charge in [-0.1, -0.05) is 0 Å². The van der Waals surface area contributed by atoms with Crippen LogP contribution < -0.4 is 4.74 Å². The molecule has 0 amide bonds. The molecule has 1 fully saturated rings. The number of rotatable bonds is 4. The van der Waals surface area contributed by atoms with Crippen LogP contribution >= 0.6 is 0 Å². The Kier molecular flexibility index (Phi) is 4.55. The van der Waals surface area contributed by atoms with Crippen LogP contribution in [0, 0.1) is 11.7 Å². The van der Waals surface area contributed by atoms with E-state index in [1.54, 1.807) is 13.0 Å². The van der Waals surface area contributed by atoms with E-state index in [-0.39, 0.29) is 5.82 Å². The minimum atomic E-state index is -0.657. The van der Waals surface area contributed by atoms with Crippen molar-refractivity contribution in [1.29, 1.82) is 0 Å². The fraction of sp³-hybridized carbons (Fsp3) is 0.571. The Labute approximate surface area is 107 Å². The van der Waals surface area contributed by atoms with Gasteiger partial charge in [0, 0.05) is 24.8 Å². The van der Waals surface area contributed by atoms with Gasteiger partial charge in [-0.05, 0) is 37.8 Å². The summed E-state index contributed by atoms with van der Waals surface area (Å²) >= 11 is 0. The molecule has 1 saturated heterocycles. The van der Waals surface area contributed by atoms with Gasteiger partial charge in [0.25, 0.3) is 0 Å². The summed E-state index contributed by atoms with van der Waals surface area (Å²) in [6.07, 6.45) is 1.29. The zero-order valence-electron chi connectivity index (χ0n) is 10.6. The van der Waals surface area contributed by atoms with E-state index in [1.807, 2.05) is 0 Å². The van der Waals surface area contributed by atoms with Gasteiger partial charge in [0.1, 0.15) is 11.6 Å². The third-order valence-corrected chi connectivity index (χ3v) is 3.24. The van der Waals surface area contributed by atoms with Crippen molar-refractivity contribution >= 4 is 0 Å². The molecule has 1 atom stereocenters. The monoisotopic (exact) mass is 254 g/mol. The lowest BCUT2D eigenvalue weighted by Crippen LogP contribution is -2.21. The standard InChI is InChI=1S/C14H19FO3/c1-10(16)13-3-2-12(15)8-14(13)18-9-11-4-6-17-7-5-11/h2-3,8,10-11,16H,4-7,9H2,1H3. The van der Waals surface area contributed by atoms with E-state index < -0.39 is 6.10 Å². The molecule has 0 spiro atoms. The van der Waals surface area contributed by atoms with Crippen LogP contribution in [0.1, 0.15) is 31.4 Å². The van der Waals surface area contributed by atoms with Crippen molar-refractivity contribution in [2.45, 2.75) is 25.9 Å². The van der Waals surface area contributed by atoms with E-state index in [0.29, 0.717) is 23.8 Å². The number of aliphatic hydroxyl groups is 1. The second-order valence-corrected chi connectivity index (χ2v) is 4.72. The molecule has 1 aromatic carbocycles. The molecule has 1 heterocycles. The lowest BCUT2D eigenvalue weighted by atomic mass is 10.0. The number of hydrogen-bond acceptors (Lipinski definition) is 3. The van der Waals surface area contributed by atoms with Gasteiger partial charge < -0.3 is 14.6 Å². The Morgan fingerprint density at radius 1 is 1.44 bits per heavy atom. The fourth-order valence-corrected chi connectivity index (χ4v) is 2.10. The zero-order chi connectivity index (χ0) is 13.0. The first-order valence-electron chi connectivity index (χ1n) is 6.35. The van der Waals surface area contributed by atoms with Crippen molar-refractivity contribution in [3.63, 3.8) is 0 Å². The largest absolute Gasteiger partial charge is 0.493 e. The van der Waals surface area contributed by atoms with Crippen molar-refractivity contribution in [2.75, 3.05) is 19.8 Å². The minimum Gasteiger partial charge on any atom is -0.493 e. The van der Waals surface area contributed by atoms with Gasteiger partial charge in [0.2, 0.25) is 0 Å². The molecule has 0 bridgehead atoms. The third kappa shape index (κ3) is 3.43. The molecule has 1 aromatic rings. The molecular weight excluding hydrogens is 235 g/mol. The molecule has 1 N–H and O–H groups in total. The summed E-state index contributed by atoms with van der Waals surface area (Å²) in [7, 11) is 0. The highest BCUT2D eigenvalue weighted by Crippen LogP contribution is 2.27. The first-order chi connectivity index (χ1) is 8.66. The van der Waals surface area contributed by atoms with Crippen molar-refractivity contribution in [3.05, 3.63) is 29.6 Å². The highest BCUT2D eigenvalue weighted by Gasteiger charge is 2.16. The van der Waals surface area contributed by atoms with Gasteiger partial charge in [-0.3, -0.25) is 0 Å². The summed E-state index contributed by atoms with van der Waals surface area (Å²) in [5, 5.41) is 9.61. The van der Waals surface area contributed by atoms with Crippen LogP contribution in [0.25, 0.3) is 0 Å². The van der Waals surface area contributed by atoms with E-state index in [1.165, 1.54) is 12.1 Å². The Morgan fingerprint density at radius 2 is 2.17 bits per heavy atom. The number of benzene rings is 1. The maximum absolute atomic E-state index is 13.2. The summed E-state index contributed by atoms with van der Waals surface area (Å²) in [6, 6.07) is 4.24. The molecule has 2 rings (SSSR count). The normalized spacial score (nSPS) is 18.6. The molecule has 0 radical (unpaired) electrons. The molecule has 1 aliphatic rings. The zero-order valence-corrected chi connectivity index (χ0v) is 10.6. The van der Waals surface area contributed by atoms with E-state index in [9.17, 15) is 9.50 Å². The summed E-state index contributed by atoms with van der Waals surface area (Å²) in [4.78, 5) is 0. The molecule has 0 aromatic heterocycles. The van der Waals surface area contributed by atoms with Crippen molar-refractivity contribution in [3.8, 4) is 5.75 Å². The highest BCUT2D eigenvalue weighted by molar-refractivity contribution is 5.35. The van der Waals surface area contributed by atoms with Crippen LogP contribution in [-0.4, -0.2) is 24.9 Å². The molecule has 3 nitrogen and oxygen atoms in total. The van der Waals surface area contributed by atoms with Crippen molar-refractivity contribution in [2.24, 2.45) is 5.92 Å². The molecule has 0 aliphatic carbocycles. The van der Waals surface area contributed by atoms with Crippen LogP contribution in [0.2, 0.25) is 0 Å². The van der Waals surface area contributed by atoms with E-state index in [4.69, 9.17) is 9.47 Å². The van der Waals surface area contributed by atoms with Crippen molar-refractivity contribution in [1.82, 2.24) is 0 Å². The molecule has 1 unspecified atom stereocenters. The van der Waals surface area contributed by atoms with Crippen LogP contribution in [0.5, 0.6) is 5.75 Å². The van der Waals surface area contributed by atoms with Gasteiger partial charge in [-0.2, -0.15) is 0 Å².